The van der Waals surface area contributed by atoms with Crippen molar-refractivity contribution in [3.63, 3.8) is 0 Å². The zero-order valence-corrected chi connectivity index (χ0v) is 22.8. The average molecular weight is 555 g/mol. The van der Waals surface area contributed by atoms with Gasteiger partial charge in [-0.3, -0.25) is 4.79 Å². The Bertz CT molecular complexity index is 1140. The van der Waals surface area contributed by atoms with Gasteiger partial charge in [-0.05, 0) is 88.5 Å². The Labute approximate surface area is 223 Å². The first-order valence-electron chi connectivity index (χ1n) is 13.0. The lowest BCUT2D eigenvalue weighted by atomic mass is 9.74. The number of carboxylic acids is 1. The third kappa shape index (κ3) is 5.10. The summed E-state index contributed by atoms with van der Waals surface area (Å²) in [5.74, 6) is -0.641. The van der Waals surface area contributed by atoms with Gasteiger partial charge in [-0.1, -0.05) is 11.6 Å². The van der Waals surface area contributed by atoms with Gasteiger partial charge in [0.1, 0.15) is 5.60 Å². The van der Waals surface area contributed by atoms with Gasteiger partial charge in [0, 0.05) is 18.1 Å². The van der Waals surface area contributed by atoms with Gasteiger partial charge in [0.25, 0.3) is 0 Å². The number of amides is 1. The minimum absolute atomic E-state index is 0.0324. The highest BCUT2D eigenvalue weighted by Crippen LogP contribution is 2.50. The highest BCUT2D eigenvalue weighted by Gasteiger charge is 2.62. The van der Waals surface area contributed by atoms with Gasteiger partial charge in [-0.2, -0.15) is 4.31 Å². The van der Waals surface area contributed by atoms with Crippen LogP contribution in [-0.4, -0.2) is 78.8 Å². The van der Waals surface area contributed by atoms with E-state index in [2.05, 4.69) is 0 Å². The number of carboxylic acid groups (broad SMARTS) is 1. The quantitative estimate of drug-likeness (QED) is 0.542. The molecule has 2 heterocycles. The van der Waals surface area contributed by atoms with E-state index in [1.807, 2.05) is 0 Å². The van der Waals surface area contributed by atoms with Gasteiger partial charge in [-0.25, -0.2) is 13.2 Å². The van der Waals surface area contributed by atoms with Crippen LogP contribution in [-0.2, 0) is 24.3 Å². The first-order chi connectivity index (χ1) is 17.5. The van der Waals surface area contributed by atoms with Crippen LogP contribution in [0.1, 0.15) is 52.4 Å². The Morgan fingerprint density at radius 1 is 1.08 bits per heavy atom. The number of rotatable bonds is 7. The fraction of sp³-hybridized carbons (Fsp3) is 0.692. The molecule has 11 heteroatoms. The molecule has 0 radical (unpaired) electrons. The minimum Gasteiger partial charge on any atom is -0.481 e. The minimum atomic E-state index is -3.88. The molecule has 1 amide bonds. The lowest BCUT2D eigenvalue weighted by molar-refractivity contribution is -0.151. The molecule has 2 atom stereocenters. The number of piperidine rings is 1. The molecule has 2 aliphatic carbocycles. The first kappa shape index (κ1) is 26.7. The molecule has 0 aromatic heterocycles. The van der Waals surface area contributed by atoms with E-state index in [0.717, 1.165) is 12.8 Å². The van der Waals surface area contributed by atoms with Crippen LogP contribution in [0.4, 0.5) is 4.79 Å². The molecule has 204 valence electrons. The lowest BCUT2D eigenvalue weighted by Crippen LogP contribution is -2.61. The largest absolute Gasteiger partial charge is 0.481 e. The maximum absolute atomic E-state index is 13.9. The summed E-state index contributed by atoms with van der Waals surface area (Å²) < 4.78 is 41.4. The zero-order valence-electron chi connectivity index (χ0n) is 21.3. The van der Waals surface area contributed by atoms with Crippen LogP contribution in [0.2, 0.25) is 5.02 Å². The number of halogens is 1. The van der Waals surface area contributed by atoms with Crippen LogP contribution >= 0.6 is 11.6 Å². The van der Waals surface area contributed by atoms with Crippen LogP contribution in [0.25, 0.3) is 0 Å². The number of carbonyl (C=O) groups is 2. The molecule has 2 saturated heterocycles. The molecule has 4 fully saturated rings. The second kappa shape index (κ2) is 9.70. The third-order valence-electron chi connectivity index (χ3n) is 8.72. The molecule has 0 bridgehead atoms. The van der Waals surface area contributed by atoms with E-state index >= 15 is 0 Å². The molecular formula is C26H35ClN2O7S. The summed E-state index contributed by atoms with van der Waals surface area (Å²) in [5.41, 5.74) is -1.79. The molecule has 1 aromatic rings. The molecule has 0 spiro atoms. The maximum Gasteiger partial charge on any atom is 0.410 e. The van der Waals surface area contributed by atoms with Crippen LogP contribution in [0.5, 0.6) is 0 Å². The second-order valence-electron chi connectivity index (χ2n) is 11.5. The molecule has 2 aliphatic heterocycles. The van der Waals surface area contributed by atoms with Crippen molar-refractivity contribution in [2.24, 2.45) is 17.3 Å². The Balaban J connectivity index is 1.34. The number of ether oxygens (including phenoxy) is 2. The summed E-state index contributed by atoms with van der Waals surface area (Å²) >= 11 is 6.01. The lowest BCUT2D eigenvalue weighted by Gasteiger charge is -2.45. The van der Waals surface area contributed by atoms with E-state index in [9.17, 15) is 23.1 Å². The molecule has 37 heavy (non-hydrogen) atoms. The number of carbonyl (C=O) groups excluding carboxylic acids is 1. The number of hydrogen-bond donors (Lipinski definition) is 1. The summed E-state index contributed by atoms with van der Waals surface area (Å²) in [6, 6.07) is 5.26. The van der Waals surface area contributed by atoms with E-state index in [-0.39, 0.29) is 29.4 Å². The topological polar surface area (TPSA) is 113 Å². The van der Waals surface area contributed by atoms with Crippen molar-refractivity contribution in [2.45, 2.75) is 75.0 Å². The second-order valence-corrected chi connectivity index (χ2v) is 13.7. The molecular weight excluding hydrogens is 520 g/mol. The molecule has 1 N–H and O–H groups in total. The predicted octanol–water partition coefficient (Wildman–Crippen LogP) is 4.00. The first-order valence-corrected chi connectivity index (χ1v) is 14.9. The number of nitrogens with zero attached hydrogens (tertiary/aromatic N) is 2. The number of aliphatic carboxylic acids is 1. The third-order valence-corrected chi connectivity index (χ3v) is 10.9. The number of sulfonamides is 1. The molecule has 4 aliphatic rings. The molecule has 0 unspecified atom stereocenters. The van der Waals surface area contributed by atoms with E-state index in [1.54, 1.807) is 35.2 Å². The van der Waals surface area contributed by atoms with Crippen molar-refractivity contribution in [1.82, 2.24) is 9.21 Å². The summed E-state index contributed by atoms with van der Waals surface area (Å²) in [6.07, 6.45) is 3.72. The van der Waals surface area contributed by atoms with Gasteiger partial charge in [0.15, 0.2) is 0 Å². The number of benzene rings is 1. The van der Waals surface area contributed by atoms with E-state index < -0.39 is 39.1 Å². The van der Waals surface area contributed by atoms with Gasteiger partial charge in [0.2, 0.25) is 10.0 Å². The monoisotopic (exact) mass is 554 g/mol. The summed E-state index contributed by atoms with van der Waals surface area (Å²) in [4.78, 5) is 26.7. The maximum atomic E-state index is 13.9. The Morgan fingerprint density at radius 3 is 2.24 bits per heavy atom. The van der Waals surface area contributed by atoms with Gasteiger partial charge in [0.05, 0.1) is 35.6 Å². The van der Waals surface area contributed by atoms with Crippen molar-refractivity contribution < 1.29 is 32.6 Å². The van der Waals surface area contributed by atoms with Gasteiger partial charge in [-0.15, -0.1) is 0 Å². The number of morpholine rings is 1. The zero-order chi connectivity index (χ0) is 26.6. The van der Waals surface area contributed by atoms with Gasteiger partial charge >= 0.3 is 12.1 Å². The highest BCUT2D eigenvalue weighted by molar-refractivity contribution is 7.89. The SMILES string of the molecule is CC(C)(C(=O)O)C1CCN(C(=O)OC2([C@H]3COC[C@@H](C4CC4)N3S(=O)(=O)c3ccc(Cl)cc3)CC2)CC1. The Kier molecular flexibility index (Phi) is 7.00. The van der Waals surface area contributed by atoms with Crippen molar-refractivity contribution in [3.05, 3.63) is 29.3 Å². The van der Waals surface area contributed by atoms with E-state index in [0.29, 0.717) is 50.4 Å². The van der Waals surface area contributed by atoms with Gasteiger partial charge < -0.3 is 19.5 Å². The smallest absolute Gasteiger partial charge is 0.410 e. The van der Waals surface area contributed by atoms with E-state index in [1.165, 1.54) is 12.1 Å². The van der Waals surface area contributed by atoms with Crippen molar-refractivity contribution >= 4 is 33.7 Å². The van der Waals surface area contributed by atoms with Crippen molar-refractivity contribution in [2.75, 3.05) is 26.3 Å². The Hall–Kier alpha value is -1.88. The number of hydrogen-bond acceptors (Lipinski definition) is 6. The molecule has 5 rings (SSSR count). The van der Waals surface area contributed by atoms with E-state index in [4.69, 9.17) is 21.1 Å². The molecule has 1 aromatic carbocycles. The standard InChI is InChI=1S/C26H35ClN2O7S/c1-25(2,23(30)31)18-9-13-28(14-10-18)24(32)36-26(11-12-26)22-16-35-15-21(17-3-4-17)29(22)37(33,34)20-7-5-19(27)6-8-20/h5-8,17-18,21-22H,3-4,9-16H2,1-2H3,(H,30,31)/t21-,22+/m0/s1. The summed E-state index contributed by atoms with van der Waals surface area (Å²) in [6.45, 7) is 4.76. The fourth-order valence-electron chi connectivity index (χ4n) is 5.78. The normalized spacial score (nSPS) is 27.1. The predicted molar refractivity (Wildman–Crippen MR) is 136 cm³/mol. The number of likely N-dealkylation sites (tertiary alicyclic amines) is 1. The highest BCUT2D eigenvalue weighted by atomic mass is 35.5. The van der Waals surface area contributed by atoms with Crippen LogP contribution in [0, 0.1) is 17.3 Å². The van der Waals surface area contributed by atoms with Crippen molar-refractivity contribution in [3.8, 4) is 0 Å². The summed E-state index contributed by atoms with van der Waals surface area (Å²) in [7, 11) is -3.88. The average Bonchev–Trinajstić information content (AvgIpc) is 3.80. The van der Waals surface area contributed by atoms with Crippen LogP contribution < -0.4 is 0 Å². The van der Waals surface area contributed by atoms with Crippen LogP contribution in [0.15, 0.2) is 29.2 Å². The van der Waals surface area contributed by atoms with Crippen LogP contribution in [0.3, 0.4) is 0 Å². The molecule has 2 saturated carbocycles. The fourth-order valence-corrected chi connectivity index (χ4v) is 7.81. The summed E-state index contributed by atoms with van der Waals surface area (Å²) in [5, 5.41) is 10.0. The van der Waals surface area contributed by atoms with Crippen molar-refractivity contribution in [1.29, 1.82) is 0 Å². The Morgan fingerprint density at radius 2 is 1.70 bits per heavy atom. The molecule has 9 nitrogen and oxygen atoms in total.